The molecule has 0 radical (unpaired) electrons. The van der Waals surface area contributed by atoms with Crippen LogP contribution in [-0.2, 0) is 10.0 Å². The lowest BCUT2D eigenvalue weighted by atomic mass is 9.77. The Hall–Kier alpha value is -3.17. The number of hydrogen-bond acceptors (Lipinski definition) is 6. The van der Waals surface area contributed by atoms with Crippen molar-refractivity contribution in [2.24, 2.45) is 5.92 Å². The quantitative estimate of drug-likeness (QED) is 0.344. The van der Waals surface area contributed by atoms with Gasteiger partial charge in [-0.05, 0) is 72.9 Å². The highest BCUT2D eigenvalue weighted by Crippen LogP contribution is 2.52. The van der Waals surface area contributed by atoms with Crippen molar-refractivity contribution in [2.75, 3.05) is 23.4 Å². The molecule has 3 aliphatic rings. The Kier molecular flexibility index (Phi) is 5.84. The maximum Gasteiger partial charge on any atom is 0.262 e. The number of rotatable bonds is 6. The van der Waals surface area contributed by atoms with Crippen molar-refractivity contribution in [1.29, 1.82) is 0 Å². The van der Waals surface area contributed by atoms with Crippen molar-refractivity contribution in [1.82, 2.24) is 0 Å². The van der Waals surface area contributed by atoms with E-state index in [-0.39, 0.29) is 29.6 Å². The Bertz CT molecular complexity index is 1470. The van der Waals surface area contributed by atoms with Crippen molar-refractivity contribution in [3.8, 4) is 17.2 Å². The van der Waals surface area contributed by atoms with E-state index in [1.54, 1.807) is 30.3 Å². The maximum atomic E-state index is 13.3. The molecular weight excluding hydrogens is 544 g/mol. The first kappa shape index (κ1) is 23.2. The molecule has 2 aliphatic heterocycles. The van der Waals surface area contributed by atoms with Crippen LogP contribution in [0.2, 0.25) is 0 Å². The van der Waals surface area contributed by atoms with E-state index in [1.165, 1.54) is 0 Å². The van der Waals surface area contributed by atoms with Crippen LogP contribution in [0.25, 0.3) is 0 Å². The van der Waals surface area contributed by atoms with Gasteiger partial charge in [-0.2, -0.15) is 0 Å². The lowest BCUT2D eigenvalue weighted by molar-refractivity contribution is 0.174. The van der Waals surface area contributed by atoms with Crippen molar-refractivity contribution in [3.63, 3.8) is 0 Å². The van der Waals surface area contributed by atoms with Crippen LogP contribution in [0.3, 0.4) is 0 Å². The lowest BCUT2D eigenvalue weighted by Crippen LogP contribution is -2.29. The minimum atomic E-state index is -3.82. The van der Waals surface area contributed by atoms with Gasteiger partial charge in [-0.1, -0.05) is 40.2 Å². The van der Waals surface area contributed by atoms with Gasteiger partial charge in [0.15, 0.2) is 11.5 Å². The molecule has 2 heterocycles. The fraction of sp³-hybridized carbons (Fsp3) is 0.259. The summed E-state index contributed by atoms with van der Waals surface area (Å²) in [5.74, 6) is 2.30. The van der Waals surface area contributed by atoms with Gasteiger partial charge >= 0.3 is 0 Å². The monoisotopic (exact) mass is 568 g/mol. The predicted octanol–water partition coefficient (Wildman–Crippen LogP) is 6.20. The molecule has 0 spiro atoms. The second-order valence-corrected chi connectivity index (χ2v) is 11.5. The zero-order chi connectivity index (χ0) is 24.9. The van der Waals surface area contributed by atoms with Crippen molar-refractivity contribution in [2.45, 2.75) is 30.2 Å². The minimum Gasteiger partial charge on any atom is -0.492 e. The number of halogens is 1. The standard InChI is InChI=1S/C27H25BrN2O5S/c1-2-33-24-9-4-3-8-23(24)30-36(31,32)16-10-11-22-19(12-16)17-6-5-7-18(17)27(29-22)20-13-25-26(14-21(20)28)35-15-34-25/h3-6,8-14,17-18,27,29-30H,2,7,15H2,1H3/t17-,18+,27-/m0/s1. The van der Waals surface area contributed by atoms with E-state index in [0.29, 0.717) is 18.0 Å². The Morgan fingerprint density at radius 1 is 1.08 bits per heavy atom. The van der Waals surface area contributed by atoms with Crippen LogP contribution in [0.15, 0.2) is 76.1 Å². The van der Waals surface area contributed by atoms with E-state index >= 15 is 0 Å². The third kappa shape index (κ3) is 4.00. The first-order valence-electron chi connectivity index (χ1n) is 11.9. The number of fused-ring (bicyclic) bond motifs is 4. The smallest absolute Gasteiger partial charge is 0.262 e. The summed E-state index contributed by atoms with van der Waals surface area (Å²) in [5, 5.41) is 3.67. The number of hydrogen-bond donors (Lipinski definition) is 2. The number of ether oxygens (including phenoxy) is 3. The molecule has 3 aromatic rings. The SMILES string of the molecule is CCOc1ccccc1NS(=O)(=O)c1ccc2c(c1)[C@H]1C=CC[C@H]1[C@@H](c1cc3c(cc1Br)OCO3)N2. The third-order valence-corrected chi connectivity index (χ3v) is 8.95. The Morgan fingerprint density at radius 2 is 1.89 bits per heavy atom. The average molecular weight is 569 g/mol. The van der Waals surface area contributed by atoms with Crippen LogP contribution in [0.5, 0.6) is 17.2 Å². The van der Waals surface area contributed by atoms with Gasteiger partial charge in [-0.15, -0.1) is 0 Å². The molecule has 7 nitrogen and oxygen atoms in total. The predicted molar refractivity (Wildman–Crippen MR) is 141 cm³/mol. The normalized spacial score (nSPS) is 21.4. The minimum absolute atomic E-state index is 0.0278. The summed E-state index contributed by atoms with van der Waals surface area (Å²) < 4.78 is 47.1. The molecule has 0 saturated heterocycles. The largest absolute Gasteiger partial charge is 0.492 e. The summed E-state index contributed by atoms with van der Waals surface area (Å²) in [6.07, 6.45) is 5.25. The van der Waals surface area contributed by atoms with Gasteiger partial charge in [0, 0.05) is 16.1 Å². The molecule has 3 aromatic carbocycles. The number of sulfonamides is 1. The van der Waals surface area contributed by atoms with Crippen molar-refractivity contribution in [3.05, 3.63) is 82.3 Å². The number of nitrogens with one attached hydrogen (secondary N) is 2. The fourth-order valence-corrected chi connectivity index (χ4v) is 6.93. The topological polar surface area (TPSA) is 85.9 Å². The van der Waals surface area contributed by atoms with Gasteiger partial charge < -0.3 is 19.5 Å². The summed E-state index contributed by atoms with van der Waals surface area (Å²) in [5.41, 5.74) is 3.41. The summed E-state index contributed by atoms with van der Waals surface area (Å²) in [6.45, 7) is 2.53. The van der Waals surface area contributed by atoms with Crippen LogP contribution >= 0.6 is 15.9 Å². The molecule has 0 bridgehead atoms. The summed E-state index contributed by atoms with van der Waals surface area (Å²) in [7, 11) is -3.82. The summed E-state index contributed by atoms with van der Waals surface area (Å²) >= 11 is 3.71. The molecule has 36 heavy (non-hydrogen) atoms. The van der Waals surface area contributed by atoms with E-state index in [2.05, 4.69) is 38.1 Å². The van der Waals surface area contributed by atoms with Gasteiger partial charge in [-0.25, -0.2) is 8.42 Å². The lowest BCUT2D eigenvalue weighted by Gasteiger charge is -2.38. The third-order valence-electron chi connectivity index (χ3n) is 6.90. The van der Waals surface area contributed by atoms with Crippen molar-refractivity contribution < 1.29 is 22.6 Å². The van der Waals surface area contributed by atoms with Gasteiger partial charge in [-0.3, -0.25) is 4.72 Å². The van der Waals surface area contributed by atoms with Gasteiger partial charge in [0.05, 0.1) is 23.2 Å². The fourth-order valence-electron chi connectivity index (χ4n) is 5.25. The molecule has 0 aromatic heterocycles. The highest BCUT2D eigenvalue weighted by Gasteiger charge is 2.39. The highest BCUT2D eigenvalue weighted by molar-refractivity contribution is 9.10. The van der Waals surface area contributed by atoms with Crippen LogP contribution in [0.1, 0.15) is 36.4 Å². The van der Waals surface area contributed by atoms with Gasteiger partial charge in [0.25, 0.3) is 10.0 Å². The van der Waals surface area contributed by atoms with Gasteiger partial charge in [0.2, 0.25) is 6.79 Å². The molecular formula is C27H25BrN2O5S. The van der Waals surface area contributed by atoms with Gasteiger partial charge in [0.1, 0.15) is 5.75 Å². The number of allylic oxidation sites excluding steroid dienone is 2. The Morgan fingerprint density at radius 3 is 2.72 bits per heavy atom. The van der Waals surface area contributed by atoms with E-state index < -0.39 is 10.0 Å². The molecule has 186 valence electrons. The second-order valence-electron chi connectivity index (χ2n) is 8.99. The van der Waals surface area contributed by atoms with Crippen LogP contribution in [0, 0.1) is 5.92 Å². The summed E-state index contributed by atoms with van der Waals surface area (Å²) in [6, 6.07) is 16.3. The Labute approximate surface area is 218 Å². The number of benzene rings is 3. The van der Waals surface area contributed by atoms with Crippen molar-refractivity contribution >= 4 is 37.3 Å². The molecule has 3 atom stereocenters. The highest BCUT2D eigenvalue weighted by atomic mass is 79.9. The molecule has 2 N–H and O–H groups in total. The molecule has 9 heteroatoms. The first-order chi connectivity index (χ1) is 17.4. The Balaban J connectivity index is 1.34. The molecule has 0 amide bonds. The molecule has 0 saturated carbocycles. The van der Waals surface area contributed by atoms with Crippen LogP contribution in [0.4, 0.5) is 11.4 Å². The molecule has 0 fully saturated rings. The molecule has 0 unspecified atom stereocenters. The van der Waals surface area contributed by atoms with Crippen LogP contribution < -0.4 is 24.2 Å². The zero-order valence-electron chi connectivity index (χ0n) is 19.5. The van der Waals surface area contributed by atoms with E-state index in [9.17, 15) is 8.42 Å². The summed E-state index contributed by atoms with van der Waals surface area (Å²) in [4.78, 5) is 0.219. The zero-order valence-corrected chi connectivity index (χ0v) is 21.9. The maximum absolute atomic E-state index is 13.3. The molecule has 6 rings (SSSR count). The van der Waals surface area contributed by atoms with E-state index in [1.807, 2.05) is 31.2 Å². The first-order valence-corrected chi connectivity index (χ1v) is 14.1. The number of anilines is 2. The number of para-hydroxylation sites is 2. The second kappa shape index (κ2) is 9.05. The van der Waals surface area contributed by atoms with E-state index in [4.69, 9.17) is 14.2 Å². The van der Waals surface area contributed by atoms with E-state index in [0.717, 1.165) is 39.2 Å². The average Bonchev–Trinajstić information content (AvgIpc) is 3.54. The van der Waals surface area contributed by atoms with Crippen LogP contribution in [-0.4, -0.2) is 21.8 Å². The molecule has 1 aliphatic carbocycles.